The fraction of sp³-hybridized carbons (Fsp3) is 0.538. The van der Waals surface area contributed by atoms with Crippen LogP contribution >= 0.6 is 0 Å². The van der Waals surface area contributed by atoms with Crippen LogP contribution in [-0.2, 0) is 6.54 Å². The lowest BCUT2D eigenvalue weighted by Crippen LogP contribution is -2.48. The molecule has 0 spiro atoms. The molecule has 1 fully saturated rings. The Morgan fingerprint density at radius 1 is 1.12 bits per heavy atom. The fourth-order valence-corrected chi connectivity index (χ4v) is 2.04. The minimum atomic E-state index is 0.720. The zero-order chi connectivity index (χ0) is 12.1. The van der Waals surface area contributed by atoms with Crippen LogP contribution in [-0.4, -0.2) is 42.7 Å². The lowest BCUT2D eigenvalue weighted by atomic mass is 10.2. The molecule has 94 valence electrons. The van der Waals surface area contributed by atoms with Gasteiger partial charge in [0.05, 0.1) is 6.61 Å². The maximum absolute atomic E-state index is 5.73. The average Bonchev–Trinajstić information content (AvgIpc) is 2.35. The SMILES string of the molecule is CCOc1ccc(CN2CCN(N)CC2)cc1. The zero-order valence-corrected chi connectivity index (χ0v) is 10.4. The van der Waals surface area contributed by atoms with Gasteiger partial charge in [0.25, 0.3) is 0 Å². The third-order valence-electron chi connectivity index (χ3n) is 3.05. The number of hydrazine groups is 1. The van der Waals surface area contributed by atoms with Crippen LogP contribution in [0.15, 0.2) is 24.3 Å². The van der Waals surface area contributed by atoms with E-state index in [1.54, 1.807) is 0 Å². The van der Waals surface area contributed by atoms with Gasteiger partial charge in [-0.1, -0.05) is 12.1 Å². The molecule has 1 aromatic carbocycles. The van der Waals surface area contributed by atoms with Crippen LogP contribution in [0, 0.1) is 0 Å². The number of ether oxygens (including phenoxy) is 1. The molecular weight excluding hydrogens is 214 g/mol. The molecule has 2 N–H and O–H groups in total. The number of hydrogen-bond acceptors (Lipinski definition) is 4. The highest BCUT2D eigenvalue weighted by atomic mass is 16.5. The van der Waals surface area contributed by atoms with Gasteiger partial charge in [-0.15, -0.1) is 0 Å². The van der Waals surface area contributed by atoms with E-state index in [0.29, 0.717) is 0 Å². The average molecular weight is 235 g/mol. The Kier molecular flexibility index (Phi) is 4.36. The summed E-state index contributed by atoms with van der Waals surface area (Å²) in [5.74, 6) is 6.68. The molecule has 0 unspecified atom stereocenters. The Balaban J connectivity index is 1.86. The van der Waals surface area contributed by atoms with Crippen LogP contribution in [0.5, 0.6) is 5.75 Å². The van der Waals surface area contributed by atoms with Gasteiger partial charge < -0.3 is 4.74 Å². The van der Waals surface area contributed by atoms with Gasteiger partial charge in [-0.3, -0.25) is 10.7 Å². The number of piperazine rings is 1. The van der Waals surface area contributed by atoms with Gasteiger partial charge >= 0.3 is 0 Å². The van der Waals surface area contributed by atoms with Gasteiger partial charge in [0.15, 0.2) is 0 Å². The van der Waals surface area contributed by atoms with E-state index in [4.69, 9.17) is 10.6 Å². The first kappa shape index (κ1) is 12.4. The Hall–Kier alpha value is -1.10. The summed E-state index contributed by atoms with van der Waals surface area (Å²) in [4.78, 5) is 2.43. The summed E-state index contributed by atoms with van der Waals surface area (Å²) in [6, 6.07) is 8.36. The predicted octanol–water partition coefficient (Wildman–Crippen LogP) is 1.08. The van der Waals surface area contributed by atoms with Crippen LogP contribution in [0.2, 0.25) is 0 Å². The van der Waals surface area contributed by atoms with Crippen molar-refractivity contribution in [2.75, 3.05) is 32.8 Å². The molecule has 4 nitrogen and oxygen atoms in total. The van der Waals surface area contributed by atoms with E-state index in [1.165, 1.54) is 5.56 Å². The summed E-state index contributed by atoms with van der Waals surface area (Å²) < 4.78 is 5.43. The molecule has 0 aliphatic carbocycles. The molecule has 0 saturated carbocycles. The smallest absolute Gasteiger partial charge is 0.119 e. The van der Waals surface area contributed by atoms with Gasteiger partial charge in [-0.25, -0.2) is 5.01 Å². The Labute approximate surface area is 103 Å². The lowest BCUT2D eigenvalue weighted by Gasteiger charge is -2.31. The van der Waals surface area contributed by atoms with Crippen LogP contribution in [0.3, 0.4) is 0 Å². The van der Waals surface area contributed by atoms with E-state index in [2.05, 4.69) is 17.0 Å². The molecule has 0 radical (unpaired) electrons. The maximum atomic E-state index is 5.73. The molecule has 1 saturated heterocycles. The van der Waals surface area contributed by atoms with Crippen molar-refractivity contribution in [2.45, 2.75) is 13.5 Å². The molecule has 0 atom stereocenters. The van der Waals surface area contributed by atoms with Crippen molar-refractivity contribution in [2.24, 2.45) is 5.84 Å². The topological polar surface area (TPSA) is 41.7 Å². The molecule has 1 aromatic rings. The summed E-state index contributed by atoms with van der Waals surface area (Å²) in [6.45, 7) is 7.72. The van der Waals surface area contributed by atoms with E-state index in [0.717, 1.165) is 45.1 Å². The van der Waals surface area contributed by atoms with Crippen molar-refractivity contribution in [1.82, 2.24) is 9.91 Å². The Bertz CT molecular complexity index is 331. The molecule has 1 aliphatic heterocycles. The fourth-order valence-electron chi connectivity index (χ4n) is 2.04. The van der Waals surface area contributed by atoms with Gasteiger partial charge in [-0.2, -0.15) is 0 Å². The highest BCUT2D eigenvalue weighted by molar-refractivity contribution is 5.27. The molecule has 1 heterocycles. The number of nitrogens with two attached hydrogens (primary N) is 1. The number of benzene rings is 1. The lowest BCUT2D eigenvalue weighted by molar-refractivity contribution is 0.128. The molecule has 4 heteroatoms. The van der Waals surface area contributed by atoms with Crippen LogP contribution in [0.1, 0.15) is 12.5 Å². The minimum Gasteiger partial charge on any atom is -0.494 e. The first-order valence-electron chi connectivity index (χ1n) is 6.21. The van der Waals surface area contributed by atoms with E-state index in [9.17, 15) is 0 Å². The Morgan fingerprint density at radius 2 is 1.76 bits per heavy atom. The second-order valence-electron chi connectivity index (χ2n) is 4.39. The third kappa shape index (κ3) is 3.70. The molecule has 0 amide bonds. The standard InChI is InChI=1S/C13H21N3O/c1-2-17-13-5-3-12(4-6-13)11-15-7-9-16(14)10-8-15/h3-6H,2,7-11,14H2,1H3. The predicted molar refractivity (Wildman–Crippen MR) is 68.6 cm³/mol. The van der Waals surface area contributed by atoms with Crippen molar-refractivity contribution in [3.05, 3.63) is 29.8 Å². The van der Waals surface area contributed by atoms with Crippen LogP contribution < -0.4 is 10.6 Å². The van der Waals surface area contributed by atoms with Gasteiger partial charge in [0.2, 0.25) is 0 Å². The van der Waals surface area contributed by atoms with Crippen LogP contribution in [0.4, 0.5) is 0 Å². The van der Waals surface area contributed by atoms with E-state index in [-0.39, 0.29) is 0 Å². The van der Waals surface area contributed by atoms with E-state index >= 15 is 0 Å². The number of hydrogen-bond donors (Lipinski definition) is 1. The molecular formula is C13H21N3O. The van der Waals surface area contributed by atoms with Crippen molar-refractivity contribution in [3.8, 4) is 5.75 Å². The number of nitrogens with zero attached hydrogens (tertiary/aromatic N) is 2. The van der Waals surface area contributed by atoms with E-state index in [1.807, 2.05) is 24.1 Å². The molecule has 0 aromatic heterocycles. The first-order valence-corrected chi connectivity index (χ1v) is 6.21. The second-order valence-corrected chi connectivity index (χ2v) is 4.39. The third-order valence-corrected chi connectivity index (χ3v) is 3.05. The molecule has 17 heavy (non-hydrogen) atoms. The summed E-state index contributed by atoms with van der Waals surface area (Å²) in [5, 5.41) is 1.88. The molecule has 0 bridgehead atoms. The maximum Gasteiger partial charge on any atom is 0.119 e. The van der Waals surface area contributed by atoms with Gasteiger partial charge in [0.1, 0.15) is 5.75 Å². The highest BCUT2D eigenvalue weighted by Gasteiger charge is 2.13. The quantitative estimate of drug-likeness (QED) is 0.793. The van der Waals surface area contributed by atoms with Crippen molar-refractivity contribution in [1.29, 1.82) is 0 Å². The Morgan fingerprint density at radius 3 is 2.35 bits per heavy atom. The number of rotatable bonds is 4. The zero-order valence-electron chi connectivity index (χ0n) is 10.4. The van der Waals surface area contributed by atoms with Crippen molar-refractivity contribution >= 4 is 0 Å². The first-order chi connectivity index (χ1) is 8.28. The van der Waals surface area contributed by atoms with Gasteiger partial charge in [0, 0.05) is 32.7 Å². The van der Waals surface area contributed by atoms with Crippen molar-refractivity contribution in [3.63, 3.8) is 0 Å². The van der Waals surface area contributed by atoms with Crippen molar-refractivity contribution < 1.29 is 4.74 Å². The normalized spacial score (nSPS) is 18.2. The molecule has 2 rings (SSSR count). The van der Waals surface area contributed by atoms with Gasteiger partial charge in [-0.05, 0) is 24.6 Å². The monoisotopic (exact) mass is 235 g/mol. The molecule has 1 aliphatic rings. The highest BCUT2D eigenvalue weighted by Crippen LogP contribution is 2.14. The van der Waals surface area contributed by atoms with Crippen LogP contribution in [0.25, 0.3) is 0 Å². The summed E-state index contributed by atoms with van der Waals surface area (Å²) in [5.41, 5.74) is 1.33. The summed E-state index contributed by atoms with van der Waals surface area (Å²) >= 11 is 0. The van der Waals surface area contributed by atoms with E-state index < -0.39 is 0 Å². The summed E-state index contributed by atoms with van der Waals surface area (Å²) in [6.07, 6.45) is 0. The minimum absolute atomic E-state index is 0.720. The largest absolute Gasteiger partial charge is 0.494 e. The summed E-state index contributed by atoms with van der Waals surface area (Å²) in [7, 11) is 0. The second kappa shape index (κ2) is 6.00.